The first kappa shape index (κ1) is 22.2. The Bertz CT molecular complexity index is 1150. The zero-order chi connectivity index (χ0) is 23.5. The molecule has 0 radical (unpaired) electrons. The van der Waals surface area contributed by atoms with Crippen LogP contribution in [0.2, 0.25) is 0 Å². The molecule has 0 bridgehead atoms. The summed E-state index contributed by atoms with van der Waals surface area (Å²) in [5.41, 5.74) is 2.63. The maximum absolute atomic E-state index is 13.0. The molecule has 3 aromatic rings. The van der Waals surface area contributed by atoms with Crippen LogP contribution < -0.4 is 15.4 Å². The summed E-state index contributed by atoms with van der Waals surface area (Å²) in [6.45, 7) is 0.860. The van der Waals surface area contributed by atoms with Gasteiger partial charge in [0.05, 0.1) is 31.1 Å². The molecular formula is C26H29N5O3. The van der Waals surface area contributed by atoms with E-state index in [0.717, 1.165) is 42.8 Å². The Hall–Kier alpha value is -3.65. The highest BCUT2D eigenvalue weighted by Crippen LogP contribution is 2.40. The van der Waals surface area contributed by atoms with Crippen molar-refractivity contribution in [1.29, 1.82) is 0 Å². The van der Waals surface area contributed by atoms with Gasteiger partial charge in [0.1, 0.15) is 11.6 Å². The number of nitrogens with one attached hydrogen (secondary N) is 2. The van der Waals surface area contributed by atoms with E-state index in [2.05, 4.69) is 10.6 Å². The number of carbonyl (C=O) groups excluding carboxylic acids is 2. The number of benzene rings is 2. The Morgan fingerprint density at radius 3 is 2.50 bits per heavy atom. The van der Waals surface area contributed by atoms with Gasteiger partial charge in [-0.1, -0.05) is 18.2 Å². The van der Waals surface area contributed by atoms with Crippen molar-refractivity contribution in [2.45, 2.75) is 37.6 Å². The lowest BCUT2D eigenvalue weighted by molar-refractivity contribution is -0.122. The third-order valence-corrected chi connectivity index (χ3v) is 6.36. The summed E-state index contributed by atoms with van der Waals surface area (Å²) in [6, 6.07) is 18.7. The van der Waals surface area contributed by atoms with E-state index in [-0.39, 0.29) is 24.4 Å². The molecule has 2 aromatic carbocycles. The molecule has 1 saturated heterocycles. The number of carbonyl (C=O) groups is 2. The number of amides is 2. The molecule has 1 unspecified atom stereocenters. The lowest BCUT2D eigenvalue weighted by atomic mass is 10.2. The third kappa shape index (κ3) is 4.97. The van der Waals surface area contributed by atoms with Crippen molar-refractivity contribution >= 4 is 23.3 Å². The molecule has 1 aliphatic carbocycles. The molecule has 176 valence electrons. The molecule has 1 aliphatic heterocycles. The molecule has 2 N–H and O–H groups in total. The number of hydrogen-bond acceptors (Lipinski definition) is 5. The molecule has 2 aliphatic rings. The van der Waals surface area contributed by atoms with Gasteiger partial charge in [-0.15, -0.1) is 0 Å². The molecule has 1 aromatic heterocycles. The monoisotopic (exact) mass is 459 g/mol. The fourth-order valence-electron chi connectivity index (χ4n) is 4.41. The number of anilines is 2. The molecule has 2 amide bonds. The predicted octanol–water partition coefficient (Wildman–Crippen LogP) is 3.80. The number of methoxy groups -OCH3 is 1. The summed E-state index contributed by atoms with van der Waals surface area (Å²) in [5, 5.41) is 10.7. The molecule has 1 atom stereocenters. The number of aromatic nitrogens is 2. The Morgan fingerprint density at radius 1 is 1.03 bits per heavy atom. The van der Waals surface area contributed by atoms with Crippen LogP contribution in [0.5, 0.6) is 5.75 Å². The number of likely N-dealkylation sites (tertiary alicyclic amines) is 1. The predicted molar refractivity (Wildman–Crippen MR) is 130 cm³/mol. The minimum atomic E-state index is -0.339. The first-order valence-corrected chi connectivity index (χ1v) is 11.7. The molecule has 5 rings (SSSR count). The molecule has 0 spiro atoms. The van der Waals surface area contributed by atoms with Crippen molar-refractivity contribution < 1.29 is 14.3 Å². The van der Waals surface area contributed by atoms with Crippen LogP contribution in [0.15, 0.2) is 60.7 Å². The molecule has 2 fully saturated rings. The highest BCUT2D eigenvalue weighted by molar-refractivity contribution is 5.96. The van der Waals surface area contributed by atoms with Crippen LogP contribution in [-0.4, -0.2) is 52.7 Å². The normalized spacial score (nSPS) is 18.0. The van der Waals surface area contributed by atoms with Gasteiger partial charge in [-0.3, -0.25) is 14.5 Å². The summed E-state index contributed by atoms with van der Waals surface area (Å²) in [7, 11) is 1.61. The van der Waals surface area contributed by atoms with Gasteiger partial charge in [0.15, 0.2) is 0 Å². The van der Waals surface area contributed by atoms with Crippen LogP contribution in [0.25, 0.3) is 5.69 Å². The van der Waals surface area contributed by atoms with Crippen molar-refractivity contribution in [3.05, 3.63) is 66.4 Å². The molecular weight excluding hydrogens is 430 g/mol. The van der Waals surface area contributed by atoms with E-state index in [9.17, 15) is 9.59 Å². The summed E-state index contributed by atoms with van der Waals surface area (Å²) >= 11 is 0. The zero-order valence-electron chi connectivity index (χ0n) is 19.2. The topological polar surface area (TPSA) is 88.5 Å². The van der Waals surface area contributed by atoms with Gasteiger partial charge < -0.3 is 15.4 Å². The van der Waals surface area contributed by atoms with E-state index in [1.807, 2.05) is 53.4 Å². The van der Waals surface area contributed by atoms with E-state index in [1.165, 1.54) is 0 Å². The van der Waals surface area contributed by atoms with Crippen molar-refractivity contribution in [2.24, 2.45) is 0 Å². The van der Waals surface area contributed by atoms with Crippen LogP contribution in [0.1, 0.15) is 37.3 Å². The second-order valence-electron chi connectivity index (χ2n) is 8.87. The van der Waals surface area contributed by atoms with Gasteiger partial charge in [0.2, 0.25) is 11.8 Å². The van der Waals surface area contributed by atoms with Crippen molar-refractivity contribution in [3.63, 3.8) is 0 Å². The standard InChI is InChI=1S/C26H29N5O3/c1-34-21-13-11-19(12-14-21)27-26(33)23-8-5-15-30(23)17-25(32)28-24-16-22(18-9-10-18)29-31(24)20-6-3-2-4-7-20/h2-4,6-7,11-14,16,18,23H,5,8-10,15,17H2,1H3,(H,27,33)(H,28,32). The number of hydrogen-bond donors (Lipinski definition) is 2. The largest absolute Gasteiger partial charge is 0.497 e. The number of nitrogens with zero attached hydrogens (tertiary/aromatic N) is 3. The quantitative estimate of drug-likeness (QED) is 0.535. The Kier molecular flexibility index (Phi) is 6.31. The summed E-state index contributed by atoms with van der Waals surface area (Å²) in [4.78, 5) is 27.9. The molecule has 8 nitrogen and oxygen atoms in total. The van der Waals surface area contributed by atoms with E-state index >= 15 is 0 Å². The highest BCUT2D eigenvalue weighted by atomic mass is 16.5. The molecule has 8 heteroatoms. The lowest BCUT2D eigenvalue weighted by Crippen LogP contribution is -2.43. The first-order chi connectivity index (χ1) is 16.6. The van der Waals surface area contributed by atoms with Crippen LogP contribution in [0.4, 0.5) is 11.5 Å². The number of rotatable bonds is 8. The van der Waals surface area contributed by atoms with E-state index < -0.39 is 0 Å². The van der Waals surface area contributed by atoms with Crippen LogP contribution in [0.3, 0.4) is 0 Å². The summed E-state index contributed by atoms with van der Waals surface area (Å²) in [5.74, 6) is 1.63. The second kappa shape index (κ2) is 9.69. The third-order valence-electron chi connectivity index (χ3n) is 6.36. The smallest absolute Gasteiger partial charge is 0.241 e. The van der Waals surface area contributed by atoms with Crippen LogP contribution in [0, 0.1) is 0 Å². The van der Waals surface area contributed by atoms with E-state index in [4.69, 9.17) is 9.84 Å². The SMILES string of the molecule is COc1ccc(NC(=O)C2CCCN2CC(=O)Nc2cc(C3CC3)nn2-c2ccccc2)cc1. The van der Waals surface area contributed by atoms with Gasteiger partial charge in [-0.05, 0) is 68.6 Å². The Balaban J connectivity index is 1.24. The van der Waals surface area contributed by atoms with Gasteiger partial charge in [0.25, 0.3) is 0 Å². The average molecular weight is 460 g/mol. The van der Waals surface area contributed by atoms with E-state index in [0.29, 0.717) is 24.0 Å². The highest BCUT2D eigenvalue weighted by Gasteiger charge is 2.33. The van der Waals surface area contributed by atoms with Crippen LogP contribution >= 0.6 is 0 Å². The van der Waals surface area contributed by atoms with Crippen molar-refractivity contribution in [1.82, 2.24) is 14.7 Å². The molecule has 2 heterocycles. The Morgan fingerprint density at radius 2 is 1.79 bits per heavy atom. The zero-order valence-corrected chi connectivity index (χ0v) is 19.2. The summed E-state index contributed by atoms with van der Waals surface area (Å²) < 4.78 is 6.96. The van der Waals surface area contributed by atoms with Gasteiger partial charge in [-0.2, -0.15) is 5.10 Å². The maximum Gasteiger partial charge on any atom is 0.241 e. The second-order valence-corrected chi connectivity index (χ2v) is 8.87. The summed E-state index contributed by atoms with van der Waals surface area (Å²) in [6.07, 6.45) is 3.88. The molecule has 34 heavy (non-hydrogen) atoms. The van der Waals surface area contributed by atoms with Gasteiger partial charge >= 0.3 is 0 Å². The molecule has 1 saturated carbocycles. The van der Waals surface area contributed by atoms with Crippen molar-refractivity contribution in [3.8, 4) is 11.4 Å². The minimum Gasteiger partial charge on any atom is -0.497 e. The van der Waals surface area contributed by atoms with Crippen LogP contribution in [-0.2, 0) is 9.59 Å². The Labute approximate surface area is 198 Å². The fourth-order valence-corrected chi connectivity index (χ4v) is 4.41. The van der Waals surface area contributed by atoms with Crippen molar-refractivity contribution in [2.75, 3.05) is 30.8 Å². The lowest BCUT2D eigenvalue weighted by Gasteiger charge is -2.23. The maximum atomic E-state index is 13.0. The first-order valence-electron chi connectivity index (χ1n) is 11.7. The average Bonchev–Trinajstić information content (AvgIpc) is 3.46. The van der Waals surface area contributed by atoms with E-state index in [1.54, 1.807) is 23.9 Å². The number of ether oxygens (including phenoxy) is 1. The fraction of sp³-hybridized carbons (Fsp3) is 0.346. The van der Waals surface area contributed by atoms with Gasteiger partial charge in [0, 0.05) is 17.7 Å². The number of para-hydroxylation sites is 1. The minimum absolute atomic E-state index is 0.0965. The van der Waals surface area contributed by atoms with Gasteiger partial charge in [-0.25, -0.2) is 4.68 Å².